The average molecular weight is 339 g/mol. The number of hydrogen-bond acceptors (Lipinski definition) is 4. The van der Waals surface area contributed by atoms with Gasteiger partial charge in [0.2, 0.25) is 0 Å². The third-order valence-corrected chi connectivity index (χ3v) is 3.16. The van der Waals surface area contributed by atoms with E-state index in [1.807, 2.05) is 0 Å². The smallest absolute Gasteiger partial charge is 0.355 e. The number of esters is 1. The Balaban J connectivity index is 2.12. The Morgan fingerprint density at radius 3 is 2.80 bits per heavy atom. The molecule has 20 heavy (non-hydrogen) atoms. The summed E-state index contributed by atoms with van der Waals surface area (Å²) in [7, 11) is 0. The lowest BCUT2D eigenvalue weighted by Crippen LogP contribution is -2.09. The average Bonchev–Trinajstić information content (AvgIpc) is 2.85. The molecule has 0 aliphatic rings. The lowest BCUT2D eigenvalue weighted by atomic mass is 10.1. The number of nitrogens with zero attached hydrogens (tertiary/aromatic N) is 1. The second kappa shape index (κ2) is 5.87. The fraction of sp³-hybridized carbons (Fsp3) is 0.154. The summed E-state index contributed by atoms with van der Waals surface area (Å²) >= 11 is 3.22. The van der Waals surface area contributed by atoms with Gasteiger partial charge in [-0.1, -0.05) is 12.1 Å². The van der Waals surface area contributed by atoms with Crippen LogP contribution in [0.2, 0.25) is 0 Å². The number of benzene rings is 1. The Morgan fingerprint density at radius 2 is 2.20 bits per heavy atom. The third-order valence-electron chi connectivity index (χ3n) is 2.70. The number of hydrogen-bond donors (Lipinski definition) is 1. The van der Waals surface area contributed by atoms with Gasteiger partial charge in [-0.2, -0.15) is 0 Å². The van der Waals surface area contributed by atoms with Gasteiger partial charge in [0.05, 0.1) is 4.92 Å². The van der Waals surface area contributed by atoms with Crippen molar-refractivity contribution in [1.82, 2.24) is 4.98 Å². The molecule has 0 aliphatic heterocycles. The molecule has 7 heteroatoms. The molecule has 0 bridgehead atoms. The van der Waals surface area contributed by atoms with Crippen molar-refractivity contribution in [2.75, 3.05) is 0 Å². The first-order valence-corrected chi connectivity index (χ1v) is 6.56. The number of rotatable bonds is 4. The Morgan fingerprint density at radius 1 is 1.45 bits per heavy atom. The summed E-state index contributed by atoms with van der Waals surface area (Å²) in [6.45, 7) is 1.66. The maximum Gasteiger partial charge on any atom is 0.355 e. The first kappa shape index (κ1) is 14.3. The Labute approximate surface area is 123 Å². The molecule has 0 fully saturated rings. The van der Waals surface area contributed by atoms with Crippen molar-refractivity contribution in [3.8, 4) is 0 Å². The number of halogens is 1. The highest BCUT2D eigenvalue weighted by Crippen LogP contribution is 2.23. The predicted molar refractivity (Wildman–Crippen MR) is 75.4 cm³/mol. The van der Waals surface area contributed by atoms with Crippen LogP contribution in [0.5, 0.6) is 0 Å². The second-order valence-electron chi connectivity index (χ2n) is 4.13. The van der Waals surface area contributed by atoms with Gasteiger partial charge in [-0.25, -0.2) is 4.79 Å². The van der Waals surface area contributed by atoms with Gasteiger partial charge in [-0.15, -0.1) is 0 Å². The van der Waals surface area contributed by atoms with E-state index < -0.39 is 17.0 Å². The highest BCUT2D eigenvalue weighted by Gasteiger charge is 2.17. The predicted octanol–water partition coefficient (Wildman–Crippen LogP) is 3.60. The van der Waals surface area contributed by atoms with E-state index in [0.717, 1.165) is 4.47 Å². The lowest BCUT2D eigenvalue weighted by molar-refractivity contribution is -0.385. The first-order valence-electron chi connectivity index (χ1n) is 5.76. The Kier molecular flexibility index (Phi) is 4.19. The number of nitro benzene ring substituents is 1. The van der Waals surface area contributed by atoms with E-state index in [-0.39, 0.29) is 5.69 Å². The van der Waals surface area contributed by atoms with E-state index in [1.54, 1.807) is 31.3 Å². The third kappa shape index (κ3) is 3.24. The summed E-state index contributed by atoms with van der Waals surface area (Å²) in [5.41, 5.74) is 0.848. The number of H-pyrrole nitrogens is 1. The molecule has 1 aromatic carbocycles. The van der Waals surface area contributed by atoms with Crippen LogP contribution in [0, 0.1) is 10.1 Å². The molecule has 104 valence electrons. The van der Waals surface area contributed by atoms with Crippen LogP contribution in [0.3, 0.4) is 0 Å². The van der Waals surface area contributed by atoms with Crippen molar-refractivity contribution in [2.45, 2.75) is 13.0 Å². The molecule has 1 aromatic heterocycles. The molecule has 0 aliphatic carbocycles. The van der Waals surface area contributed by atoms with Crippen LogP contribution in [0.25, 0.3) is 0 Å². The minimum Gasteiger partial charge on any atom is -0.453 e. The fourth-order valence-electron chi connectivity index (χ4n) is 1.67. The van der Waals surface area contributed by atoms with Crippen LogP contribution < -0.4 is 0 Å². The molecule has 0 saturated carbocycles. The summed E-state index contributed by atoms with van der Waals surface area (Å²) in [6.07, 6.45) is 1.04. The van der Waals surface area contributed by atoms with E-state index >= 15 is 0 Å². The Hall–Kier alpha value is -2.15. The molecule has 0 amide bonds. The van der Waals surface area contributed by atoms with Crippen molar-refractivity contribution < 1.29 is 14.5 Å². The number of carbonyl (C=O) groups is 1. The van der Waals surface area contributed by atoms with Gasteiger partial charge < -0.3 is 9.72 Å². The van der Waals surface area contributed by atoms with Crippen LogP contribution in [0.4, 0.5) is 5.69 Å². The van der Waals surface area contributed by atoms with Crippen LogP contribution in [0.1, 0.15) is 29.1 Å². The number of non-ortho nitro benzene ring substituents is 1. The van der Waals surface area contributed by atoms with Gasteiger partial charge in [0, 0.05) is 22.8 Å². The largest absolute Gasteiger partial charge is 0.453 e. The zero-order valence-electron chi connectivity index (χ0n) is 10.5. The van der Waals surface area contributed by atoms with Gasteiger partial charge in [-0.3, -0.25) is 10.1 Å². The van der Waals surface area contributed by atoms with Crippen LogP contribution in [-0.2, 0) is 4.74 Å². The maximum atomic E-state index is 11.9. The van der Waals surface area contributed by atoms with Crippen molar-refractivity contribution in [2.24, 2.45) is 0 Å². The fourth-order valence-corrected chi connectivity index (χ4v) is 2.01. The summed E-state index contributed by atoms with van der Waals surface area (Å²) in [6, 6.07) is 7.61. The van der Waals surface area contributed by atoms with E-state index in [4.69, 9.17) is 4.74 Å². The van der Waals surface area contributed by atoms with Gasteiger partial charge in [0.25, 0.3) is 5.69 Å². The minimum absolute atomic E-state index is 0.0342. The summed E-state index contributed by atoms with van der Waals surface area (Å²) in [4.78, 5) is 24.8. The number of carbonyl (C=O) groups excluding carboxylic acids is 1. The minimum atomic E-state index is -0.579. The van der Waals surface area contributed by atoms with Crippen molar-refractivity contribution in [3.63, 3.8) is 0 Å². The lowest BCUT2D eigenvalue weighted by Gasteiger charge is -2.12. The van der Waals surface area contributed by atoms with Crippen LogP contribution >= 0.6 is 15.9 Å². The molecule has 1 N–H and O–H groups in total. The summed E-state index contributed by atoms with van der Waals surface area (Å²) in [5.74, 6) is -0.519. The van der Waals surface area contributed by atoms with E-state index in [2.05, 4.69) is 20.9 Å². The quantitative estimate of drug-likeness (QED) is 0.524. The molecule has 2 rings (SSSR count). The van der Waals surface area contributed by atoms with E-state index in [9.17, 15) is 14.9 Å². The van der Waals surface area contributed by atoms with E-state index in [0.29, 0.717) is 11.3 Å². The molecule has 1 heterocycles. The molecule has 1 unspecified atom stereocenters. The second-order valence-corrected chi connectivity index (χ2v) is 5.05. The van der Waals surface area contributed by atoms with Crippen LogP contribution in [-0.4, -0.2) is 15.9 Å². The molecular formula is C13H11BrN2O4. The van der Waals surface area contributed by atoms with Gasteiger partial charge in [-0.05, 0) is 34.5 Å². The molecule has 1 atom stereocenters. The molecule has 0 saturated heterocycles. The molecule has 0 radical (unpaired) electrons. The highest BCUT2D eigenvalue weighted by molar-refractivity contribution is 9.10. The zero-order chi connectivity index (χ0) is 14.7. The van der Waals surface area contributed by atoms with Crippen LogP contribution in [0.15, 0.2) is 41.0 Å². The Bertz CT molecular complexity index is 653. The van der Waals surface area contributed by atoms with Crippen molar-refractivity contribution in [1.29, 1.82) is 0 Å². The van der Waals surface area contributed by atoms with Gasteiger partial charge in [0.1, 0.15) is 11.8 Å². The van der Waals surface area contributed by atoms with Crippen molar-refractivity contribution >= 4 is 27.6 Å². The SMILES string of the molecule is CC(OC(=O)c1cc(Br)c[nH]1)c1cccc([N+](=O)[O-])c1. The molecule has 6 nitrogen and oxygen atoms in total. The first-order chi connectivity index (χ1) is 9.47. The standard InChI is InChI=1S/C13H11BrN2O4/c1-8(9-3-2-4-11(5-9)16(18)19)20-13(17)12-6-10(14)7-15-12/h2-8,15H,1H3. The molecule has 2 aromatic rings. The van der Waals surface area contributed by atoms with E-state index in [1.165, 1.54) is 12.1 Å². The number of aromatic amines is 1. The highest BCUT2D eigenvalue weighted by atomic mass is 79.9. The maximum absolute atomic E-state index is 11.9. The molecular weight excluding hydrogens is 328 g/mol. The number of ether oxygens (including phenoxy) is 1. The topological polar surface area (TPSA) is 85.2 Å². The number of aromatic nitrogens is 1. The number of nitro groups is 1. The number of nitrogens with one attached hydrogen (secondary N) is 1. The monoisotopic (exact) mass is 338 g/mol. The summed E-state index contributed by atoms with van der Waals surface area (Å²) < 4.78 is 6.00. The van der Waals surface area contributed by atoms with Gasteiger partial charge in [0.15, 0.2) is 0 Å². The normalized spacial score (nSPS) is 11.9. The zero-order valence-corrected chi connectivity index (χ0v) is 12.1. The van der Waals surface area contributed by atoms with Gasteiger partial charge >= 0.3 is 5.97 Å². The summed E-state index contributed by atoms with van der Waals surface area (Å²) in [5, 5.41) is 10.7. The molecule has 0 spiro atoms. The van der Waals surface area contributed by atoms with Crippen molar-refractivity contribution in [3.05, 3.63) is 62.4 Å².